The molecule has 0 radical (unpaired) electrons. The number of nitro benzene ring substituents is 1. The van der Waals surface area contributed by atoms with Crippen LogP contribution in [0.25, 0.3) is 10.9 Å². The molecule has 1 aromatic heterocycles. The topological polar surface area (TPSA) is 138 Å². The van der Waals surface area contributed by atoms with E-state index in [9.17, 15) is 23.3 Å². The summed E-state index contributed by atoms with van der Waals surface area (Å²) >= 11 is 0. The van der Waals surface area contributed by atoms with Gasteiger partial charge in [0.1, 0.15) is 5.84 Å². The number of sulfonamides is 1. The van der Waals surface area contributed by atoms with Gasteiger partial charge in [-0.2, -0.15) is 8.42 Å². The number of aromatic nitrogens is 1. The summed E-state index contributed by atoms with van der Waals surface area (Å²) in [6.07, 6.45) is 2.95. The Kier molecular flexibility index (Phi) is 5.19. The molecule has 2 heterocycles. The maximum absolute atomic E-state index is 12.7. The predicted molar refractivity (Wildman–Crippen MR) is 116 cm³/mol. The SMILES string of the molecule is CN1CCC/C1=N\S(=O)(=O)c1ccc(NC(=O)c2c[nH]c3ccc([N+](=O)[O-])cc23)cc1. The third-order valence-electron chi connectivity index (χ3n) is 5.09. The maximum Gasteiger partial charge on any atom is 0.283 e. The van der Waals surface area contributed by atoms with E-state index >= 15 is 0 Å². The number of carbonyl (C=O) groups is 1. The van der Waals surface area contributed by atoms with Crippen molar-refractivity contribution in [2.24, 2.45) is 4.40 Å². The number of hydrogen-bond donors (Lipinski definition) is 2. The molecule has 0 saturated carbocycles. The van der Waals surface area contributed by atoms with E-state index in [0.717, 1.165) is 13.0 Å². The average Bonchev–Trinajstić information content (AvgIpc) is 3.33. The Labute approximate surface area is 177 Å². The minimum Gasteiger partial charge on any atom is -0.362 e. The van der Waals surface area contributed by atoms with E-state index in [-0.39, 0.29) is 16.1 Å². The Morgan fingerprint density at radius 2 is 1.97 bits per heavy atom. The first-order valence-corrected chi connectivity index (χ1v) is 10.9. The molecule has 10 nitrogen and oxygen atoms in total. The van der Waals surface area contributed by atoms with E-state index < -0.39 is 20.9 Å². The number of amidine groups is 1. The molecule has 1 fully saturated rings. The van der Waals surface area contributed by atoms with Gasteiger partial charge in [-0.1, -0.05) is 0 Å². The number of nitrogens with one attached hydrogen (secondary N) is 2. The number of nitro groups is 1. The van der Waals surface area contributed by atoms with Gasteiger partial charge in [0.25, 0.3) is 21.6 Å². The Morgan fingerprint density at radius 3 is 2.61 bits per heavy atom. The van der Waals surface area contributed by atoms with Gasteiger partial charge in [-0.05, 0) is 36.8 Å². The van der Waals surface area contributed by atoms with Crippen LogP contribution in [0.5, 0.6) is 0 Å². The summed E-state index contributed by atoms with van der Waals surface area (Å²) in [5, 5.41) is 14.1. The van der Waals surface area contributed by atoms with Crippen molar-refractivity contribution >= 4 is 44.0 Å². The van der Waals surface area contributed by atoms with E-state index in [0.29, 0.717) is 28.8 Å². The van der Waals surface area contributed by atoms with Crippen LogP contribution in [-0.2, 0) is 10.0 Å². The van der Waals surface area contributed by atoms with Crippen molar-refractivity contribution in [3.63, 3.8) is 0 Å². The summed E-state index contributed by atoms with van der Waals surface area (Å²) in [5.41, 5.74) is 1.10. The molecule has 11 heteroatoms. The lowest BCUT2D eigenvalue weighted by Gasteiger charge is -2.11. The molecule has 0 spiro atoms. The number of fused-ring (bicyclic) bond motifs is 1. The third kappa shape index (κ3) is 4.12. The summed E-state index contributed by atoms with van der Waals surface area (Å²) in [6, 6.07) is 9.92. The second-order valence-corrected chi connectivity index (χ2v) is 8.78. The summed E-state index contributed by atoms with van der Waals surface area (Å²) < 4.78 is 29.0. The molecule has 4 rings (SSSR count). The number of aromatic amines is 1. The molecular formula is C20H19N5O5S. The van der Waals surface area contributed by atoms with Crippen molar-refractivity contribution < 1.29 is 18.1 Å². The highest BCUT2D eigenvalue weighted by molar-refractivity contribution is 7.90. The minimum atomic E-state index is -3.84. The zero-order valence-electron chi connectivity index (χ0n) is 16.5. The predicted octanol–water partition coefficient (Wildman–Crippen LogP) is 3.14. The van der Waals surface area contributed by atoms with Crippen molar-refractivity contribution in [2.45, 2.75) is 17.7 Å². The number of benzene rings is 2. The van der Waals surface area contributed by atoms with Crippen LogP contribution < -0.4 is 5.32 Å². The summed E-state index contributed by atoms with van der Waals surface area (Å²) in [6.45, 7) is 0.774. The van der Waals surface area contributed by atoms with E-state index in [1.54, 1.807) is 7.05 Å². The lowest BCUT2D eigenvalue weighted by atomic mass is 10.1. The Hall–Kier alpha value is -3.73. The molecule has 1 saturated heterocycles. The van der Waals surface area contributed by atoms with Crippen LogP contribution in [0.4, 0.5) is 11.4 Å². The maximum atomic E-state index is 12.7. The van der Waals surface area contributed by atoms with Crippen LogP contribution >= 0.6 is 0 Å². The molecule has 1 aliphatic heterocycles. The normalized spacial score (nSPS) is 15.5. The number of rotatable bonds is 5. The monoisotopic (exact) mass is 441 g/mol. The van der Waals surface area contributed by atoms with Crippen molar-refractivity contribution in [2.75, 3.05) is 18.9 Å². The van der Waals surface area contributed by atoms with Crippen LogP contribution in [0, 0.1) is 10.1 Å². The molecule has 1 amide bonds. The average molecular weight is 441 g/mol. The fourth-order valence-corrected chi connectivity index (χ4v) is 4.51. The van der Waals surface area contributed by atoms with Gasteiger partial charge in [-0.15, -0.1) is 4.40 Å². The molecule has 3 aromatic rings. The molecule has 160 valence electrons. The first-order valence-electron chi connectivity index (χ1n) is 9.46. The van der Waals surface area contributed by atoms with Gasteiger partial charge >= 0.3 is 0 Å². The molecule has 31 heavy (non-hydrogen) atoms. The second kappa shape index (κ2) is 7.84. The van der Waals surface area contributed by atoms with Gasteiger partial charge in [-0.3, -0.25) is 14.9 Å². The molecule has 2 N–H and O–H groups in total. The van der Waals surface area contributed by atoms with E-state index in [2.05, 4.69) is 14.7 Å². The Balaban J connectivity index is 1.54. The minimum absolute atomic E-state index is 0.0287. The van der Waals surface area contributed by atoms with E-state index in [1.165, 1.54) is 48.7 Å². The highest BCUT2D eigenvalue weighted by Crippen LogP contribution is 2.25. The van der Waals surface area contributed by atoms with Gasteiger partial charge in [-0.25, -0.2) is 0 Å². The van der Waals surface area contributed by atoms with Crippen molar-refractivity contribution in [3.8, 4) is 0 Å². The number of amides is 1. The van der Waals surface area contributed by atoms with Crippen LogP contribution in [-0.4, -0.2) is 48.6 Å². The fourth-order valence-electron chi connectivity index (χ4n) is 3.42. The van der Waals surface area contributed by atoms with Crippen LogP contribution in [0.2, 0.25) is 0 Å². The lowest BCUT2D eigenvalue weighted by molar-refractivity contribution is -0.384. The molecule has 0 aliphatic carbocycles. The van der Waals surface area contributed by atoms with Crippen LogP contribution in [0.1, 0.15) is 23.2 Å². The van der Waals surface area contributed by atoms with Crippen LogP contribution in [0.15, 0.2) is 58.0 Å². The van der Waals surface area contributed by atoms with E-state index in [4.69, 9.17) is 0 Å². The first kappa shape index (κ1) is 20.5. The molecule has 2 aromatic carbocycles. The molecule has 0 unspecified atom stereocenters. The van der Waals surface area contributed by atoms with Crippen LogP contribution in [0.3, 0.4) is 0 Å². The number of non-ortho nitro benzene ring substituents is 1. The zero-order valence-corrected chi connectivity index (χ0v) is 17.3. The van der Waals surface area contributed by atoms with Crippen molar-refractivity contribution in [1.29, 1.82) is 0 Å². The van der Waals surface area contributed by atoms with Gasteiger partial charge in [0.15, 0.2) is 0 Å². The second-order valence-electron chi connectivity index (χ2n) is 7.18. The summed E-state index contributed by atoms with van der Waals surface area (Å²) in [5.74, 6) is 0.0565. The fraction of sp³-hybridized carbons (Fsp3) is 0.200. The zero-order chi connectivity index (χ0) is 22.2. The first-order chi connectivity index (χ1) is 14.7. The van der Waals surface area contributed by atoms with Crippen molar-refractivity contribution in [3.05, 3.63) is 64.3 Å². The quantitative estimate of drug-likeness (QED) is 0.461. The number of carbonyl (C=O) groups excluding carboxylic acids is 1. The summed E-state index contributed by atoms with van der Waals surface area (Å²) in [7, 11) is -2.04. The smallest absolute Gasteiger partial charge is 0.283 e. The standard InChI is InChI=1S/C20H19N5O5S/c1-24-10-2-3-19(24)23-31(29,30)15-7-4-13(5-8-15)22-20(26)17-12-21-18-9-6-14(25(27)28)11-16(17)18/h4-9,11-12,21H,2-3,10H2,1H3,(H,22,26)/b23-19+. The van der Waals surface area contributed by atoms with Gasteiger partial charge < -0.3 is 15.2 Å². The van der Waals surface area contributed by atoms with E-state index in [1.807, 2.05) is 4.90 Å². The number of hydrogen-bond acceptors (Lipinski definition) is 5. The Morgan fingerprint density at radius 1 is 1.23 bits per heavy atom. The number of likely N-dealkylation sites (tertiary alicyclic amines) is 1. The third-order valence-corrected chi connectivity index (χ3v) is 6.41. The van der Waals surface area contributed by atoms with Crippen molar-refractivity contribution in [1.82, 2.24) is 9.88 Å². The highest BCUT2D eigenvalue weighted by Gasteiger charge is 2.21. The number of anilines is 1. The molecule has 0 bridgehead atoms. The molecule has 1 aliphatic rings. The lowest BCUT2D eigenvalue weighted by Crippen LogP contribution is -2.20. The van der Waals surface area contributed by atoms with Gasteiger partial charge in [0, 0.05) is 54.9 Å². The summed E-state index contributed by atoms with van der Waals surface area (Å²) in [4.78, 5) is 27.9. The number of nitrogens with zero attached hydrogens (tertiary/aromatic N) is 3. The number of H-pyrrole nitrogens is 1. The molecule has 0 atom stereocenters. The largest absolute Gasteiger partial charge is 0.362 e. The van der Waals surface area contributed by atoms with Gasteiger partial charge in [0.2, 0.25) is 0 Å². The molecular weight excluding hydrogens is 422 g/mol. The Bertz CT molecular complexity index is 1310. The van der Waals surface area contributed by atoms with Gasteiger partial charge in [0.05, 0.1) is 15.4 Å². The highest BCUT2D eigenvalue weighted by atomic mass is 32.2.